The summed E-state index contributed by atoms with van der Waals surface area (Å²) in [5.74, 6) is 1.65. The van der Waals surface area contributed by atoms with E-state index in [9.17, 15) is 0 Å². The van der Waals surface area contributed by atoms with E-state index in [-0.39, 0.29) is 0 Å². The standard InChI is InChI=1S/C20H30N4OS/c1-24(2)15-7-5-14(6-8-15)23-19-18-17-13(10-11-25-3)4-9-16(17)26-20(18)22-12-21-19/h12-15H,4-11H2,1-3H3,(H,21,22,23). The summed E-state index contributed by atoms with van der Waals surface area (Å²) < 4.78 is 5.34. The summed E-state index contributed by atoms with van der Waals surface area (Å²) >= 11 is 1.87. The number of thiophene rings is 1. The van der Waals surface area contributed by atoms with Crippen molar-refractivity contribution in [2.24, 2.45) is 0 Å². The zero-order valence-corrected chi connectivity index (χ0v) is 16.9. The maximum absolute atomic E-state index is 5.34. The molecule has 2 aliphatic rings. The van der Waals surface area contributed by atoms with Crippen molar-refractivity contribution in [2.75, 3.05) is 33.1 Å². The molecule has 2 heterocycles. The monoisotopic (exact) mass is 374 g/mol. The zero-order valence-electron chi connectivity index (χ0n) is 16.1. The molecule has 1 unspecified atom stereocenters. The maximum atomic E-state index is 5.34. The van der Waals surface area contributed by atoms with Crippen LogP contribution in [-0.2, 0) is 11.2 Å². The number of nitrogens with one attached hydrogen (secondary N) is 1. The van der Waals surface area contributed by atoms with Crippen LogP contribution in [0.3, 0.4) is 0 Å². The number of ether oxygens (including phenoxy) is 1. The number of hydrogen-bond acceptors (Lipinski definition) is 6. The van der Waals surface area contributed by atoms with Gasteiger partial charge in [0.25, 0.3) is 0 Å². The van der Waals surface area contributed by atoms with Crippen molar-refractivity contribution in [3.05, 3.63) is 16.8 Å². The second-order valence-electron chi connectivity index (χ2n) is 7.97. The molecule has 0 radical (unpaired) electrons. The van der Waals surface area contributed by atoms with Crippen LogP contribution in [-0.4, -0.2) is 54.8 Å². The Morgan fingerprint density at radius 1 is 1.19 bits per heavy atom. The van der Waals surface area contributed by atoms with Gasteiger partial charge in [0.15, 0.2) is 0 Å². The van der Waals surface area contributed by atoms with E-state index in [4.69, 9.17) is 4.74 Å². The van der Waals surface area contributed by atoms with Crippen LogP contribution in [0.5, 0.6) is 0 Å². The molecule has 0 bridgehead atoms. The molecule has 1 atom stereocenters. The Hall–Kier alpha value is -1.24. The summed E-state index contributed by atoms with van der Waals surface area (Å²) in [6.45, 7) is 0.826. The summed E-state index contributed by atoms with van der Waals surface area (Å²) in [5, 5.41) is 5.07. The lowest BCUT2D eigenvalue weighted by atomic mass is 9.90. The molecule has 0 aliphatic heterocycles. The number of fused-ring (bicyclic) bond motifs is 3. The van der Waals surface area contributed by atoms with Crippen molar-refractivity contribution in [2.45, 2.75) is 62.9 Å². The third-order valence-electron chi connectivity index (χ3n) is 6.17. The van der Waals surface area contributed by atoms with Gasteiger partial charge in [-0.05, 0) is 70.5 Å². The largest absolute Gasteiger partial charge is 0.385 e. The van der Waals surface area contributed by atoms with Crippen molar-refractivity contribution < 1.29 is 4.74 Å². The Morgan fingerprint density at radius 2 is 2.00 bits per heavy atom. The fourth-order valence-corrected chi connectivity index (χ4v) is 5.90. The molecule has 6 heteroatoms. The molecule has 1 N–H and O–H groups in total. The molecule has 26 heavy (non-hydrogen) atoms. The van der Waals surface area contributed by atoms with Gasteiger partial charge in [-0.1, -0.05) is 0 Å². The van der Waals surface area contributed by atoms with Gasteiger partial charge in [0, 0.05) is 30.7 Å². The van der Waals surface area contributed by atoms with Crippen LogP contribution < -0.4 is 5.32 Å². The summed E-state index contributed by atoms with van der Waals surface area (Å²) in [4.78, 5) is 14.3. The zero-order chi connectivity index (χ0) is 18.1. The molecule has 2 aromatic heterocycles. The number of aromatic nitrogens is 2. The molecular formula is C20H30N4OS. The lowest BCUT2D eigenvalue weighted by molar-refractivity contribution is 0.187. The highest BCUT2D eigenvalue weighted by atomic mass is 32.1. The van der Waals surface area contributed by atoms with E-state index in [2.05, 4.69) is 34.3 Å². The first kappa shape index (κ1) is 18.1. The van der Waals surface area contributed by atoms with Crippen molar-refractivity contribution in [3.8, 4) is 0 Å². The van der Waals surface area contributed by atoms with Gasteiger partial charge in [0.2, 0.25) is 0 Å². The van der Waals surface area contributed by atoms with Crippen molar-refractivity contribution in [1.82, 2.24) is 14.9 Å². The Balaban J connectivity index is 1.56. The van der Waals surface area contributed by atoms with Gasteiger partial charge in [0.05, 0.1) is 5.39 Å². The molecule has 142 valence electrons. The van der Waals surface area contributed by atoms with Gasteiger partial charge in [-0.2, -0.15) is 0 Å². The predicted molar refractivity (Wildman–Crippen MR) is 108 cm³/mol. The minimum atomic E-state index is 0.527. The lowest BCUT2D eigenvalue weighted by Crippen LogP contribution is -2.36. The van der Waals surface area contributed by atoms with Crippen molar-refractivity contribution in [1.29, 1.82) is 0 Å². The fourth-order valence-electron chi connectivity index (χ4n) is 4.66. The van der Waals surface area contributed by atoms with E-state index < -0.39 is 0 Å². The lowest BCUT2D eigenvalue weighted by Gasteiger charge is -2.33. The van der Waals surface area contributed by atoms with Gasteiger partial charge >= 0.3 is 0 Å². The van der Waals surface area contributed by atoms with Gasteiger partial charge in [0.1, 0.15) is 17.0 Å². The van der Waals surface area contributed by atoms with Crippen LogP contribution in [0.25, 0.3) is 10.2 Å². The van der Waals surface area contributed by atoms with Crippen molar-refractivity contribution >= 4 is 27.4 Å². The van der Waals surface area contributed by atoms with Crippen LogP contribution in [0, 0.1) is 0 Å². The van der Waals surface area contributed by atoms with Crippen LogP contribution >= 0.6 is 11.3 Å². The van der Waals surface area contributed by atoms with Gasteiger partial charge in [-0.15, -0.1) is 11.3 Å². The number of methoxy groups -OCH3 is 1. The minimum absolute atomic E-state index is 0.527. The summed E-state index contributed by atoms with van der Waals surface area (Å²) in [7, 11) is 6.18. The number of nitrogens with zero attached hydrogens (tertiary/aromatic N) is 3. The first-order valence-corrected chi connectivity index (χ1v) is 10.7. The van der Waals surface area contributed by atoms with E-state index in [1.165, 1.54) is 54.4 Å². The molecule has 4 rings (SSSR count). The molecule has 0 aromatic carbocycles. The average Bonchev–Trinajstić information content (AvgIpc) is 3.20. The Bertz CT molecular complexity index is 752. The van der Waals surface area contributed by atoms with E-state index in [1.54, 1.807) is 13.4 Å². The number of rotatable bonds is 6. The molecule has 0 spiro atoms. The van der Waals surface area contributed by atoms with Crippen LogP contribution in [0.4, 0.5) is 5.82 Å². The second-order valence-corrected chi connectivity index (χ2v) is 9.06. The molecular weight excluding hydrogens is 344 g/mol. The van der Waals surface area contributed by atoms with E-state index in [0.717, 1.165) is 29.7 Å². The van der Waals surface area contributed by atoms with E-state index >= 15 is 0 Å². The third kappa shape index (κ3) is 3.47. The Labute approximate surface area is 160 Å². The van der Waals surface area contributed by atoms with E-state index in [1.807, 2.05) is 11.3 Å². The van der Waals surface area contributed by atoms with Crippen LogP contribution in [0.2, 0.25) is 0 Å². The van der Waals surface area contributed by atoms with Gasteiger partial charge in [-0.3, -0.25) is 0 Å². The Kier molecular flexibility index (Phi) is 5.43. The predicted octanol–water partition coefficient (Wildman–Crippen LogP) is 4.04. The minimum Gasteiger partial charge on any atom is -0.385 e. The third-order valence-corrected chi connectivity index (χ3v) is 7.34. The molecule has 2 aliphatic carbocycles. The molecule has 1 saturated carbocycles. The topological polar surface area (TPSA) is 50.3 Å². The van der Waals surface area contributed by atoms with E-state index in [0.29, 0.717) is 12.0 Å². The highest BCUT2D eigenvalue weighted by Gasteiger charge is 2.30. The quantitative estimate of drug-likeness (QED) is 0.827. The molecule has 2 aromatic rings. The summed E-state index contributed by atoms with van der Waals surface area (Å²) in [6, 6.07) is 1.25. The number of aryl methyl sites for hydroxylation is 1. The average molecular weight is 375 g/mol. The van der Waals surface area contributed by atoms with Crippen molar-refractivity contribution in [3.63, 3.8) is 0 Å². The summed E-state index contributed by atoms with van der Waals surface area (Å²) in [5.41, 5.74) is 1.51. The smallest absolute Gasteiger partial charge is 0.138 e. The first-order valence-electron chi connectivity index (χ1n) is 9.85. The van der Waals surface area contributed by atoms with Gasteiger partial charge < -0.3 is 15.0 Å². The number of anilines is 1. The molecule has 5 nitrogen and oxygen atoms in total. The SMILES string of the molecule is COCCC1CCc2sc3ncnc(NC4CCC(N(C)C)CC4)c3c21. The molecule has 0 amide bonds. The first-order chi connectivity index (χ1) is 12.7. The highest BCUT2D eigenvalue weighted by molar-refractivity contribution is 7.19. The fraction of sp³-hybridized carbons (Fsp3) is 0.700. The van der Waals surface area contributed by atoms with Gasteiger partial charge in [-0.25, -0.2) is 9.97 Å². The normalized spacial score (nSPS) is 25.8. The second kappa shape index (κ2) is 7.79. The molecule has 1 fully saturated rings. The summed E-state index contributed by atoms with van der Waals surface area (Å²) in [6.07, 6.45) is 10.2. The highest BCUT2D eigenvalue weighted by Crippen LogP contribution is 2.46. The van der Waals surface area contributed by atoms with Crippen LogP contribution in [0.1, 0.15) is 54.9 Å². The maximum Gasteiger partial charge on any atom is 0.138 e. The Morgan fingerprint density at radius 3 is 2.73 bits per heavy atom. The van der Waals surface area contributed by atoms with Crippen LogP contribution in [0.15, 0.2) is 6.33 Å². The number of hydrogen-bond donors (Lipinski definition) is 1. The molecule has 0 saturated heterocycles.